The summed E-state index contributed by atoms with van der Waals surface area (Å²) in [5.74, 6) is -1.05. The average molecular weight is 522 g/mol. The van der Waals surface area contributed by atoms with E-state index in [0.717, 1.165) is 6.07 Å². The van der Waals surface area contributed by atoms with Crippen molar-refractivity contribution < 1.29 is 27.1 Å². The van der Waals surface area contributed by atoms with Gasteiger partial charge >= 0.3 is 6.09 Å². The minimum Gasteiger partial charge on any atom is -0.442 e. The fourth-order valence-corrected chi connectivity index (χ4v) is 5.05. The van der Waals surface area contributed by atoms with Crippen LogP contribution in [0.1, 0.15) is 10.4 Å². The second-order valence-corrected chi connectivity index (χ2v) is 9.86. The predicted octanol–water partition coefficient (Wildman–Crippen LogP) is 3.64. The Morgan fingerprint density at radius 2 is 1.76 bits per heavy atom. The van der Waals surface area contributed by atoms with E-state index in [-0.39, 0.29) is 34.8 Å². The first kappa shape index (κ1) is 24.1. The van der Waals surface area contributed by atoms with Crippen LogP contribution < -0.4 is 10.0 Å². The van der Waals surface area contributed by atoms with Crippen LogP contribution >= 0.6 is 0 Å². The fraction of sp³-hybridized carbons (Fsp3) is 0.120. The molecular formula is C25H20FN5O5S. The van der Waals surface area contributed by atoms with Crippen LogP contribution in [0, 0.1) is 5.82 Å². The summed E-state index contributed by atoms with van der Waals surface area (Å²) in [6.45, 7) is 0.275. The number of pyridine rings is 2. The van der Waals surface area contributed by atoms with Gasteiger partial charge in [0, 0.05) is 23.3 Å². The third-order valence-electron chi connectivity index (χ3n) is 5.65. The number of aromatic nitrogens is 2. The zero-order valence-corrected chi connectivity index (χ0v) is 20.0. The number of sulfonamides is 1. The Labute approximate surface area is 211 Å². The van der Waals surface area contributed by atoms with E-state index in [1.165, 1.54) is 35.5 Å². The first-order valence-electron chi connectivity index (χ1n) is 11.1. The van der Waals surface area contributed by atoms with Gasteiger partial charge in [0.25, 0.3) is 15.9 Å². The normalized spacial score (nSPS) is 13.6. The Balaban J connectivity index is 1.21. The lowest BCUT2D eigenvalue weighted by atomic mass is 10.1. The van der Waals surface area contributed by atoms with Crippen LogP contribution in [-0.2, 0) is 14.8 Å². The van der Waals surface area contributed by atoms with Crippen molar-refractivity contribution in [3.8, 4) is 0 Å². The lowest BCUT2D eigenvalue weighted by molar-refractivity contribution is -0.00209. The van der Waals surface area contributed by atoms with E-state index < -0.39 is 33.9 Å². The van der Waals surface area contributed by atoms with Gasteiger partial charge in [0.05, 0.1) is 24.3 Å². The molecule has 10 nitrogen and oxygen atoms in total. The van der Waals surface area contributed by atoms with Crippen LogP contribution in [0.5, 0.6) is 0 Å². The van der Waals surface area contributed by atoms with E-state index in [1.54, 1.807) is 42.5 Å². The maximum absolute atomic E-state index is 14.8. The maximum Gasteiger partial charge on any atom is 0.413 e. The topological polar surface area (TPSA) is 131 Å². The van der Waals surface area contributed by atoms with Crippen molar-refractivity contribution in [1.82, 2.24) is 14.9 Å². The highest BCUT2D eigenvalue weighted by Gasteiger charge is 2.34. The standard InChI is InChI=1S/C25H20FN5O5S/c26-19-13-17(24(32)31-14-18(15-31)36-25(33)29-22-8-1-2-11-27-22)9-10-20(19)30-37(34,35)21-7-3-5-16-6-4-12-28-23(16)21/h1-13,18,30H,14-15H2,(H,27,29,33). The van der Waals surface area contributed by atoms with Gasteiger partial charge in [-0.25, -0.2) is 22.6 Å². The van der Waals surface area contributed by atoms with Crippen molar-refractivity contribution in [1.29, 1.82) is 0 Å². The van der Waals surface area contributed by atoms with E-state index in [2.05, 4.69) is 20.0 Å². The van der Waals surface area contributed by atoms with Gasteiger partial charge < -0.3 is 9.64 Å². The van der Waals surface area contributed by atoms with Gasteiger partial charge in [-0.15, -0.1) is 0 Å². The van der Waals surface area contributed by atoms with Crippen LogP contribution in [0.25, 0.3) is 10.9 Å². The van der Waals surface area contributed by atoms with E-state index in [1.807, 2.05) is 0 Å². The molecule has 2 aromatic carbocycles. The molecular weight excluding hydrogens is 501 g/mol. The molecule has 0 radical (unpaired) electrons. The van der Waals surface area contributed by atoms with E-state index in [0.29, 0.717) is 11.2 Å². The zero-order valence-electron chi connectivity index (χ0n) is 19.2. The Kier molecular flexibility index (Phi) is 6.40. The molecule has 5 rings (SSSR count). The molecule has 0 atom stereocenters. The molecule has 3 heterocycles. The molecule has 0 bridgehead atoms. The third-order valence-corrected chi connectivity index (χ3v) is 7.05. The molecule has 2 N–H and O–H groups in total. The molecule has 1 fully saturated rings. The SMILES string of the molecule is O=C(Nc1ccccn1)OC1CN(C(=O)c2ccc(NS(=O)(=O)c3cccc4cccnc34)c(F)c2)C1. The van der Waals surface area contributed by atoms with Gasteiger partial charge in [-0.05, 0) is 42.5 Å². The Morgan fingerprint density at radius 1 is 0.973 bits per heavy atom. The molecule has 1 aliphatic heterocycles. The number of para-hydroxylation sites is 1. The molecule has 188 valence electrons. The van der Waals surface area contributed by atoms with Crippen LogP contribution in [0.2, 0.25) is 0 Å². The predicted molar refractivity (Wildman–Crippen MR) is 133 cm³/mol. The number of amides is 2. The van der Waals surface area contributed by atoms with Crippen LogP contribution in [0.15, 0.2) is 84.0 Å². The number of hydrogen-bond donors (Lipinski definition) is 2. The van der Waals surface area contributed by atoms with Gasteiger partial charge in [-0.3, -0.25) is 19.8 Å². The minimum atomic E-state index is -4.15. The first-order chi connectivity index (χ1) is 17.8. The van der Waals surface area contributed by atoms with E-state index in [9.17, 15) is 22.4 Å². The van der Waals surface area contributed by atoms with Gasteiger partial charge in [0.1, 0.15) is 22.6 Å². The van der Waals surface area contributed by atoms with Crippen molar-refractivity contribution in [3.63, 3.8) is 0 Å². The molecule has 0 spiro atoms. The second-order valence-electron chi connectivity index (χ2n) is 8.21. The molecule has 12 heteroatoms. The van der Waals surface area contributed by atoms with Gasteiger partial charge in [0.2, 0.25) is 0 Å². The average Bonchev–Trinajstić information content (AvgIpc) is 2.87. The monoisotopic (exact) mass is 521 g/mol. The maximum atomic E-state index is 14.8. The molecule has 4 aromatic rings. The van der Waals surface area contributed by atoms with Gasteiger partial charge in [-0.1, -0.05) is 24.3 Å². The lowest BCUT2D eigenvalue weighted by Gasteiger charge is -2.38. The summed E-state index contributed by atoms with van der Waals surface area (Å²) in [5, 5.41) is 3.11. The van der Waals surface area contributed by atoms with Crippen LogP contribution in [0.3, 0.4) is 0 Å². The number of carbonyl (C=O) groups excluding carboxylic acids is 2. The number of benzene rings is 2. The number of halogens is 1. The minimum absolute atomic E-state index is 0.0312. The van der Waals surface area contributed by atoms with Crippen molar-refractivity contribution in [2.45, 2.75) is 11.0 Å². The van der Waals surface area contributed by atoms with Gasteiger partial charge in [-0.2, -0.15) is 0 Å². The Bertz CT molecular complexity index is 1590. The second kappa shape index (κ2) is 9.82. The summed E-state index contributed by atoms with van der Waals surface area (Å²) in [6.07, 6.45) is 1.79. The summed E-state index contributed by atoms with van der Waals surface area (Å²) in [7, 11) is -4.15. The highest BCUT2D eigenvalue weighted by Crippen LogP contribution is 2.26. The summed E-state index contributed by atoms with van der Waals surface area (Å²) >= 11 is 0. The Morgan fingerprint density at radius 3 is 2.51 bits per heavy atom. The molecule has 1 aliphatic rings. The lowest BCUT2D eigenvalue weighted by Crippen LogP contribution is -2.55. The first-order valence-corrected chi connectivity index (χ1v) is 12.6. The Hall–Kier alpha value is -4.58. The smallest absolute Gasteiger partial charge is 0.413 e. The zero-order chi connectivity index (χ0) is 26.0. The summed E-state index contributed by atoms with van der Waals surface area (Å²) in [5.41, 5.74) is -0.0165. The largest absolute Gasteiger partial charge is 0.442 e. The molecule has 2 aromatic heterocycles. The number of anilines is 2. The van der Waals surface area contributed by atoms with Crippen molar-refractivity contribution in [3.05, 3.63) is 90.5 Å². The number of rotatable bonds is 6. The summed E-state index contributed by atoms with van der Waals surface area (Å²) in [6, 6.07) is 16.6. The molecule has 0 saturated carbocycles. The molecule has 2 amide bonds. The number of nitrogens with zero attached hydrogens (tertiary/aromatic N) is 3. The molecule has 37 heavy (non-hydrogen) atoms. The number of likely N-dealkylation sites (tertiary alicyclic amines) is 1. The third kappa shape index (κ3) is 5.19. The number of fused-ring (bicyclic) bond motifs is 1. The van der Waals surface area contributed by atoms with Crippen molar-refractivity contribution >= 4 is 44.4 Å². The number of hydrogen-bond acceptors (Lipinski definition) is 7. The number of nitrogens with one attached hydrogen (secondary N) is 2. The highest BCUT2D eigenvalue weighted by molar-refractivity contribution is 7.93. The fourth-order valence-electron chi connectivity index (χ4n) is 3.81. The van der Waals surface area contributed by atoms with Gasteiger partial charge in [0.15, 0.2) is 0 Å². The summed E-state index contributed by atoms with van der Waals surface area (Å²) < 4.78 is 48.2. The molecule has 0 aliphatic carbocycles. The molecule has 1 saturated heterocycles. The van der Waals surface area contributed by atoms with Crippen molar-refractivity contribution in [2.24, 2.45) is 0 Å². The highest BCUT2D eigenvalue weighted by atomic mass is 32.2. The van der Waals surface area contributed by atoms with Crippen molar-refractivity contribution in [2.75, 3.05) is 23.1 Å². The van der Waals surface area contributed by atoms with Crippen LogP contribution in [0.4, 0.5) is 20.7 Å². The number of ether oxygens (including phenoxy) is 1. The van der Waals surface area contributed by atoms with Crippen LogP contribution in [-0.4, -0.2) is 54.5 Å². The van der Waals surface area contributed by atoms with E-state index >= 15 is 0 Å². The van der Waals surface area contributed by atoms with E-state index in [4.69, 9.17) is 4.74 Å². The number of carbonyl (C=O) groups is 2. The quantitative estimate of drug-likeness (QED) is 0.396. The molecule has 0 unspecified atom stereocenters. The summed E-state index contributed by atoms with van der Waals surface area (Å²) in [4.78, 5) is 34.0.